The minimum Gasteiger partial charge on any atom is -0.487 e. The van der Waals surface area contributed by atoms with Gasteiger partial charge in [0.25, 0.3) is 0 Å². The molecule has 0 amide bonds. The Morgan fingerprint density at radius 3 is 2.73 bits per heavy atom. The fraction of sp³-hybridized carbons (Fsp3) is 0.294. The summed E-state index contributed by atoms with van der Waals surface area (Å²) in [6.07, 6.45) is 0.0609. The third-order valence-corrected chi connectivity index (χ3v) is 3.68. The first kappa shape index (κ1) is 14.4. The number of carboxylic acids is 1. The maximum atomic E-state index is 11.3. The number of aryl methyl sites for hydroxylation is 2. The molecular weight excluding hydrogens is 280 g/mol. The van der Waals surface area contributed by atoms with Gasteiger partial charge in [0.2, 0.25) is 0 Å². The van der Waals surface area contributed by atoms with E-state index in [0.29, 0.717) is 18.9 Å². The van der Waals surface area contributed by atoms with E-state index in [4.69, 9.17) is 4.74 Å². The molecule has 22 heavy (non-hydrogen) atoms. The van der Waals surface area contributed by atoms with E-state index in [1.54, 1.807) is 12.1 Å². The van der Waals surface area contributed by atoms with Crippen LogP contribution >= 0.6 is 0 Å². The lowest BCUT2D eigenvalue weighted by Crippen LogP contribution is -2.54. The maximum Gasteiger partial charge on any atom is 0.339 e. The molecule has 3 rings (SSSR count). The fourth-order valence-corrected chi connectivity index (χ4v) is 2.52. The van der Waals surface area contributed by atoms with Gasteiger partial charge in [-0.2, -0.15) is 0 Å². The highest BCUT2D eigenvalue weighted by Gasteiger charge is 2.32. The van der Waals surface area contributed by atoms with Crippen LogP contribution in [0.1, 0.15) is 21.6 Å². The quantitative estimate of drug-likeness (QED) is 0.940. The zero-order valence-corrected chi connectivity index (χ0v) is 12.6. The van der Waals surface area contributed by atoms with Crippen LogP contribution in [0.15, 0.2) is 36.4 Å². The molecule has 0 radical (unpaired) electrons. The lowest BCUT2D eigenvalue weighted by Gasteiger charge is -2.40. The minimum absolute atomic E-state index is 0.0609. The molecular formula is C17H18N2O3. The Hall–Kier alpha value is -2.56. The monoisotopic (exact) mass is 298 g/mol. The van der Waals surface area contributed by atoms with Gasteiger partial charge in [-0.15, -0.1) is 0 Å². The Morgan fingerprint density at radius 2 is 2.05 bits per heavy atom. The average molecular weight is 298 g/mol. The number of rotatable bonds is 4. The maximum absolute atomic E-state index is 11.3. The summed E-state index contributed by atoms with van der Waals surface area (Å²) in [4.78, 5) is 17.6. The lowest BCUT2D eigenvalue weighted by molar-refractivity contribution is 0.0696. The third-order valence-electron chi connectivity index (χ3n) is 3.68. The molecule has 1 N–H and O–H groups in total. The topological polar surface area (TPSA) is 62.7 Å². The Balaban J connectivity index is 1.68. The van der Waals surface area contributed by atoms with Crippen molar-refractivity contribution < 1.29 is 14.6 Å². The van der Waals surface area contributed by atoms with Crippen molar-refractivity contribution in [1.29, 1.82) is 0 Å². The molecule has 5 nitrogen and oxygen atoms in total. The van der Waals surface area contributed by atoms with Crippen LogP contribution in [0.3, 0.4) is 0 Å². The van der Waals surface area contributed by atoms with Crippen molar-refractivity contribution >= 4 is 11.8 Å². The van der Waals surface area contributed by atoms with E-state index in [0.717, 1.165) is 17.0 Å². The second-order valence-electron chi connectivity index (χ2n) is 5.59. The van der Waals surface area contributed by atoms with Gasteiger partial charge >= 0.3 is 5.97 Å². The Bertz CT molecular complexity index is 709. The zero-order valence-electron chi connectivity index (χ0n) is 12.6. The molecule has 0 bridgehead atoms. The van der Waals surface area contributed by atoms with Gasteiger partial charge in [0.1, 0.15) is 23.2 Å². The smallest absolute Gasteiger partial charge is 0.339 e. The standard InChI is InChI=1S/C17H18N2O3/c1-11-4-3-5-13(8-11)22-14-9-19(10-14)16-15(17(20)21)7-6-12(2)18-16/h3-8,14H,9-10H2,1-2H3,(H,20,21). The predicted molar refractivity (Wildman–Crippen MR) is 83.7 cm³/mol. The molecule has 114 valence electrons. The van der Waals surface area contributed by atoms with Gasteiger partial charge in [-0.25, -0.2) is 9.78 Å². The fourth-order valence-electron chi connectivity index (χ4n) is 2.52. The number of aromatic carboxylic acids is 1. The second-order valence-corrected chi connectivity index (χ2v) is 5.59. The molecule has 1 aromatic heterocycles. The number of ether oxygens (including phenoxy) is 1. The molecule has 1 aromatic carbocycles. The normalized spacial score (nSPS) is 14.5. The number of hydrogen-bond donors (Lipinski definition) is 1. The van der Waals surface area contributed by atoms with Crippen LogP contribution in [0.2, 0.25) is 0 Å². The lowest BCUT2D eigenvalue weighted by atomic mass is 10.1. The number of aromatic nitrogens is 1. The van der Waals surface area contributed by atoms with Crippen molar-refractivity contribution in [2.45, 2.75) is 20.0 Å². The summed E-state index contributed by atoms with van der Waals surface area (Å²) in [5, 5.41) is 9.26. The van der Waals surface area contributed by atoms with Crippen LogP contribution in [0.5, 0.6) is 5.75 Å². The van der Waals surface area contributed by atoms with Crippen LogP contribution in [-0.4, -0.2) is 35.3 Å². The largest absolute Gasteiger partial charge is 0.487 e. The first-order valence-corrected chi connectivity index (χ1v) is 7.22. The van der Waals surface area contributed by atoms with E-state index in [-0.39, 0.29) is 11.7 Å². The van der Waals surface area contributed by atoms with E-state index in [2.05, 4.69) is 4.98 Å². The molecule has 5 heteroatoms. The van der Waals surface area contributed by atoms with E-state index in [1.807, 2.05) is 43.0 Å². The number of pyridine rings is 1. The zero-order chi connectivity index (χ0) is 15.7. The highest BCUT2D eigenvalue weighted by atomic mass is 16.5. The van der Waals surface area contributed by atoms with Gasteiger partial charge in [0.15, 0.2) is 0 Å². The summed E-state index contributed by atoms with van der Waals surface area (Å²) >= 11 is 0. The summed E-state index contributed by atoms with van der Waals surface area (Å²) in [6, 6.07) is 11.2. The highest BCUT2D eigenvalue weighted by Crippen LogP contribution is 2.26. The molecule has 0 spiro atoms. The summed E-state index contributed by atoms with van der Waals surface area (Å²) < 4.78 is 5.90. The molecule has 0 unspecified atom stereocenters. The summed E-state index contributed by atoms with van der Waals surface area (Å²) in [6.45, 7) is 5.17. The third kappa shape index (κ3) is 2.88. The highest BCUT2D eigenvalue weighted by molar-refractivity contribution is 5.93. The van der Waals surface area contributed by atoms with Crippen molar-refractivity contribution in [3.8, 4) is 5.75 Å². The minimum atomic E-state index is -0.953. The van der Waals surface area contributed by atoms with E-state index in [1.165, 1.54) is 0 Å². The van der Waals surface area contributed by atoms with Crippen molar-refractivity contribution in [2.24, 2.45) is 0 Å². The van der Waals surface area contributed by atoms with Crippen LogP contribution in [0, 0.1) is 13.8 Å². The first-order chi connectivity index (χ1) is 10.5. The number of nitrogens with zero attached hydrogens (tertiary/aromatic N) is 2. The van der Waals surface area contributed by atoms with E-state index >= 15 is 0 Å². The van der Waals surface area contributed by atoms with Crippen LogP contribution < -0.4 is 9.64 Å². The number of carbonyl (C=O) groups is 1. The van der Waals surface area contributed by atoms with E-state index < -0.39 is 5.97 Å². The van der Waals surface area contributed by atoms with Gasteiger partial charge in [-0.3, -0.25) is 0 Å². The van der Waals surface area contributed by atoms with Crippen LogP contribution in [-0.2, 0) is 0 Å². The molecule has 1 aliphatic heterocycles. The van der Waals surface area contributed by atoms with Crippen molar-refractivity contribution in [2.75, 3.05) is 18.0 Å². The molecule has 1 aliphatic rings. The van der Waals surface area contributed by atoms with Crippen LogP contribution in [0.4, 0.5) is 5.82 Å². The van der Waals surface area contributed by atoms with Gasteiger partial charge in [0, 0.05) is 5.69 Å². The second kappa shape index (κ2) is 5.67. The SMILES string of the molecule is Cc1cccc(OC2CN(c3nc(C)ccc3C(=O)O)C2)c1. The molecule has 0 aliphatic carbocycles. The summed E-state index contributed by atoms with van der Waals surface area (Å²) in [5.74, 6) is 0.419. The Labute approximate surface area is 129 Å². The Morgan fingerprint density at radius 1 is 1.27 bits per heavy atom. The van der Waals surface area contributed by atoms with Crippen molar-refractivity contribution in [1.82, 2.24) is 4.98 Å². The number of anilines is 1. The van der Waals surface area contributed by atoms with Crippen molar-refractivity contribution in [3.63, 3.8) is 0 Å². The van der Waals surface area contributed by atoms with Gasteiger partial charge in [-0.1, -0.05) is 12.1 Å². The Kier molecular flexibility index (Phi) is 3.71. The molecule has 2 heterocycles. The molecule has 1 saturated heterocycles. The van der Waals surface area contributed by atoms with Gasteiger partial charge in [0.05, 0.1) is 13.1 Å². The predicted octanol–water partition coefficient (Wildman–Crippen LogP) is 2.66. The molecule has 0 saturated carbocycles. The molecule has 0 atom stereocenters. The number of benzene rings is 1. The van der Waals surface area contributed by atoms with Gasteiger partial charge < -0.3 is 14.7 Å². The van der Waals surface area contributed by atoms with Crippen molar-refractivity contribution in [3.05, 3.63) is 53.2 Å². The number of hydrogen-bond acceptors (Lipinski definition) is 4. The van der Waals surface area contributed by atoms with Gasteiger partial charge in [-0.05, 0) is 43.7 Å². The molecule has 1 fully saturated rings. The average Bonchev–Trinajstić information content (AvgIpc) is 2.42. The summed E-state index contributed by atoms with van der Waals surface area (Å²) in [7, 11) is 0. The first-order valence-electron chi connectivity index (χ1n) is 7.22. The van der Waals surface area contributed by atoms with Crippen LogP contribution in [0.25, 0.3) is 0 Å². The van der Waals surface area contributed by atoms with E-state index in [9.17, 15) is 9.90 Å². The summed E-state index contributed by atoms with van der Waals surface area (Å²) in [5.41, 5.74) is 2.20. The molecule has 2 aromatic rings. The number of carboxylic acid groups (broad SMARTS) is 1.